The van der Waals surface area contributed by atoms with Gasteiger partial charge in [0.2, 0.25) is 5.91 Å². The summed E-state index contributed by atoms with van der Waals surface area (Å²) in [5.74, 6) is 0.499. The minimum atomic E-state index is -0.104. The minimum absolute atomic E-state index is 0.104. The lowest BCUT2D eigenvalue weighted by Gasteiger charge is -2.03. The van der Waals surface area contributed by atoms with Crippen molar-refractivity contribution in [1.29, 1.82) is 0 Å². The van der Waals surface area contributed by atoms with Gasteiger partial charge >= 0.3 is 0 Å². The normalized spacial score (nSPS) is 10.9. The molecule has 2 heterocycles. The summed E-state index contributed by atoms with van der Waals surface area (Å²) in [6, 6.07) is 15.2. The maximum absolute atomic E-state index is 12.3. The van der Waals surface area contributed by atoms with Crippen LogP contribution >= 0.6 is 0 Å². The van der Waals surface area contributed by atoms with Gasteiger partial charge in [0.1, 0.15) is 5.52 Å². The van der Waals surface area contributed by atoms with Gasteiger partial charge in [0.25, 0.3) is 0 Å². The van der Waals surface area contributed by atoms with Crippen molar-refractivity contribution in [3.05, 3.63) is 72.4 Å². The van der Waals surface area contributed by atoms with E-state index in [2.05, 4.69) is 15.4 Å². The molecule has 1 amide bonds. The van der Waals surface area contributed by atoms with E-state index in [1.165, 1.54) is 0 Å². The fourth-order valence-corrected chi connectivity index (χ4v) is 2.68. The Balaban J connectivity index is 1.45. The second-order valence-electron chi connectivity index (χ2n) is 5.77. The van der Waals surface area contributed by atoms with E-state index in [-0.39, 0.29) is 12.3 Å². The van der Waals surface area contributed by atoms with E-state index in [1.54, 1.807) is 36.0 Å². The van der Waals surface area contributed by atoms with Gasteiger partial charge < -0.3 is 9.73 Å². The Kier molecular flexibility index (Phi) is 3.78. The van der Waals surface area contributed by atoms with Gasteiger partial charge in [0, 0.05) is 18.8 Å². The van der Waals surface area contributed by atoms with Crippen molar-refractivity contribution in [2.24, 2.45) is 0 Å². The average molecular weight is 332 g/mol. The lowest BCUT2D eigenvalue weighted by atomic mass is 10.2. The first kappa shape index (κ1) is 15.1. The monoisotopic (exact) mass is 332 g/mol. The smallest absolute Gasteiger partial charge is 0.228 e. The van der Waals surface area contributed by atoms with Crippen LogP contribution in [0.5, 0.6) is 0 Å². The molecular formula is C19H16N4O2. The number of nitrogens with zero attached hydrogens (tertiary/aromatic N) is 3. The number of para-hydroxylation sites is 1. The van der Waals surface area contributed by atoms with Crippen molar-refractivity contribution in [3.63, 3.8) is 0 Å². The van der Waals surface area contributed by atoms with Crippen LogP contribution in [0.1, 0.15) is 11.5 Å². The molecule has 0 spiro atoms. The second kappa shape index (κ2) is 6.24. The van der Waals surface area contributed by atoms with Crippen LogP contribution in [0.25, 0.3) is 16.8 Å². The average Bonchev–Trinajstić information content (AvgIpc) is 3.21. The molecule has 0 aliphatic carbocycles. The third-order valence-corrected chi connectivity index (χ3v) is 3.80. The zero-order chi connectivity index (χ0) is 17.2. The third-order valence-electron chi connectivity index (χ3n) is 3.80. The number of benzene rings is 2. The first-order chi connectivity index (χ1) is 12.2. The maximum Gasteiger partial charge on any atom is 0.228 e. The molecule has 1 N–H and O–H groups in total. The Hall–Kier alpha value is -3.41. The third kappa shape index (κ3) is 3.28. The molecule has 2 aromatic carbocycles. The molecule has 124 valence electrons. The number of hydrogen-bond acceptors (Lipinski definition) is 4. The number of carbonyl (C=O) groups excluding carboxylic acids is 1. The molecule has 0 unspecified atom stereocenters. The highest BCUT2D eigenvalue weighted by atomic mass is 16.3. The van der Waals surface area contributed by atoms with Crippen LogP contribution in [-0.4, -0.2) is 20.7 Å². The Morgan fingerprint density at radius 1 is 1.20 bits per heavy atom. The zero-order valence-corrected chi connectivity index (χ0v) is 13.6. The van der Waals surface area contributed by atoms with Gasteiger partial charge in [-0.25, -0.2) is 9.67 Å². The van der Waals surface area contributed by atoms with Crippen LogP contribution in [0.4, 0.5) is 5.69 Å². The summed E-state index contributed by atoms with van der Waals surface area (Å²) in [7, 11) is 0. The van der Waals surface area contributed by atoms with Crippen LogP contribution in [0, 0.1) is 6.92 Å². The van der Waals surface area contributed by atoms with Gasteiger partial charge in [-0.15, -0.1) is 0 Å². The van der Waals surface area contributed by atoms with E-state index in [0.717, 1.165) is 16.8 Å². The summed E-state index contributed by atoms with van der Waals surface area (Å²) < 4.78 is 7.19. The van der Waals surface area contributed by atoms with Crippen molar-refractivity contribution in [2.75, 3.05) is 5.32 Å². The number of aryl methyl sites for hydroxylation is 1. The van der Waals surface area contributed by atoms with Gasteiger partial charge in [0.15, 0.2) is 11.5 Å². The van der Waals surface area contributed by atoms with Gasteiger partial charge in [-0.3, -0.25) is 4.79 Å². The van der Waals surface area contributed by atoms with Gasteiger partial charge in [0.05, 0.1) is 18.3 Å². The lowest BCUT2D eigenvalue weighted by molar-refractivity contribution is -0.115. The van der Waals surface area contributed by atoms with E-state index in [0.29, 0.717) is 17.2 Å². The van der Waals surface area contributed by atoms with Crippen molar-refractivity contribution in [3.8, 4) is 5.69 Å². The Morgan fingerprint density at radius 2 is 2.04 bits per heavy atom. The Labute approximate surface area is 144 Å². The number of nitrogens with one attached hydrogen (secondary N) is 1. The number of oxazole rings is 1. The second-order valence-corrected chi connectivity index (χ2v) is 5.77. The number of carbonyl (C=O) groups is 1. The minimum Gasteiger partial charge on any atom is -0.441 e. The summed E-state index contributed by atoms with van der Waals surface area (Å²) in [6.07, 6.45) is 3.82. The number of amides is 1. The summed E-state index contributed by atoms with van der Waals surface area (Å²) in [4.78, 5) is 16.5. The number of hydrogen-bond donors (Lipinski definition) is 1. The maximum atomic E-state index is 12.3. The van der Waals surface area contributed by atoms with Crippen LogP contribution in [0.3, 0.4) is 0 Å². The molecular weight excluding hydrogens is 316 g/mol. The van der Waals surface area contributed by atoms with Crippen molar-refractivity contribution in [1.82, 2.24) is 14.8 Å². The molecule has 25 heavy (non-hydrogen) atoms. The van der Waals surface area contributed by atoms with Gasteiger partial charge in [-0.2, -0.15) is 5.10 Å². The van der Waals surface area contributed by atoms with Crippen LogP contribution in [0.15, 0.2) is 65.3 Å². The van der Waals surface area contributed by atoms with E-state index in [4.69, 9.17) is 4.42 Å². The molecule has 0 aliphatic rings. The summed E-state index contributed by atoms with van der Waals surface area (Å²) >= 11 is 0. The number of fused-ring (bicyclic) bond motifs is 1. The Bertz CT molecular complexity index is 1030. The largest absolute Gasteiger partial charge is 0.441 e. The highest BCUT2D eigenvalue weighted by Gasteiger charge is 2.09. The molecule has 0 fully saturated rings. The van der Waals surface area contributed by atoms with Crippen LogP contribution < -0.4 is 5.32 Å². The van der Waals surface area contributed by atoms with E-state index < -0.39 is 0 Å². The predicted molar refractivity (Wildman–Crippen MR) is 94.6 cm³/mol. The van der Waals surface area contributed by atoms with Gasteiger partial charge in [-0.05, 0) is 35.9 Å². The molecule has 0 saturated heterocycles. The first-order valence-electron chi connectivity index (χ1n) is 7.93. The van der Waals surface area contributed by atoms with Gasteiger partial charge in [-0.1, -0.05) is 18.2 Å². The van der Waals surface area contributed by atoms with E-state index in [9.17, 15) is 4.79 Å². The predicted octanol–water partition coefficient (Wildman–Crippen LogP) is 3.50. The molecule has 2 aromatic heterocycles. The summed E-state index contributed by atoms with van der Waals surface area (Å²) in [6.45, 7) is 1.79. The molecule has 6 heteroatoms. The molecule has 0 bridgehead atoms. The highest BCUT2D eigenvalue weighted by molar-refractivity contribution is 5.94. The van der Waals surface area contributed by atoms with Crippen LogP contribution in [0.2, 0.25) is 0 Å². The number of rotatable bonds is 4. The van der Waals surface area contributed by atoms with Crippen molar-refractivity contribution in [2.45, 2.75) is 13.3 Å². The standard InChI is InChI=1S/C19H16N4O2/c1-13-21-17-10-15(7-8-18(17)25-13)22-19(24)9-14-11-20-23(12-14)16-5-3-2-4-6-16/h2-8,10-12H,9H2,1H3,(H,22,24). The molecule has 0 aliphatic heterocycles. The molecule has 4 aromatic rings. The lowest BCUT2D eigenvalue weighted by Crippen LogP contribution is -2.14. The van der Waals surface area contributed by atoms with E-state index >= 15 is 0 Å². The molecule has 6 nitrogen and oxygen atoms in total. The summed E-state index contributed by atoms with van der Waals surface area (Å²) in [5.41, 5.74) is 3.94. The topological polar surface area (TPSA) is 73.0 Å². The van der Waals surface area contributed by atoms with Crippen molar-refractivity contribution < 1.29 is 9.21 Å². The Morgan fingerprint density at radius 3 is 2.88 bits per heavy atom. The molecule has 0 radical (unpaired) electrons. The highest BCUT2D eigenvalue weighted by Crippen LogP contribution is 2.20. The molecule has 4 rings (SSSR count). The molecule has 0 atom stereocenters. The first-order valence-corrected chi connectivity index (χ1v) is 7.93. The fourth-order valence-electron chi connectivity index (χ4n) is 2.68. The quantitative estimate of drug-likeness (QED) is 0.621. The van der Waals surface area contributed by atoms with E-state index in [1.807, 2.05) is 36.5 Å². The number of aromatic nitrogens is 3. The van der Waals surface area contributed by atoms with Crippen LogP contribution in [-0.2, 0) is 11.2 Å². The zero-order valence-electron chi connectivity index (χ0n) is 13.6. The fraction of sp³-hybridized carbons (Fsp3) is 0.105. The summed E-state index contributed by atoms with van der Waals surface area (Å²) in [5, 5.41) is 7.19. The SMILES string of the molecule is Cc1nc2cc(NC(=O)Cc3cnn(-c4ccccc4)c3)ccc2o1. The molecule has 0 saturated carbocycles. The number of anilines is 1. The van der Waals surface area contributed by atoms with Crippen molar-refractivity contribution >= 4 is 22.7 Å².